The molecule has 0 spiro atoms. The van der Waals surface area contributed by atoms with Crippen molar-refractivity contribution in [2.75, 3.05) is 11.4 Å². The Hall–Kier alpha value is -5.94. The van der Waals surface area contributed by atoms with E-state index in [1.807, 2.05) is 36.5 Å². The molecule has 0 atom stereocenters. The Morgan fingerprint density at radius 1 is 0.659 bits per heavy atom. The summed E-state index contributed by atoms with van der Waals surface area (Å²) in [4.78, 5) is 21.5. The molecule has 7 aromatic rings. The van der Waals surface area contributed by atoms with Crippen LogP contribution in [0.3, 0.4) is 0 Å². The van der Waals surface area contributed by atoms with Gasteiger partial charge in [-0.05, 0) is 48.2 Å². The molecule has 4 heterocycles. The van der Waals surface area contributed by atoms with Crippen molar-refractivity contribution in [3.05, 3.63) is 140 Å². The number of fused-ring (bicyclic) bond motifs is 4. The third-order valence-corrected chi connectivity index (χ3v) is 8.18. The van der Waals surface area contributed by atoms with Gasteiger partial charge in [-0.1, -0.05) is 97.1 Å². The molecule has 0 aliphatic carbocycles. The molecule has 4 aromatic carbocycles. The average molecular weight is 566 g/mol. The molecule has 0 N–H and O–H groups in total. The number of nitrogens with zero attached hydrogens (tertiary/aromatic N) is 5. The van der Waals surface area contributed by atoms with Crippen LogP contribution in [0.25, 0.3) is 66.4 Å². The van der Waals surface area contributed by atoms with E-state index < -0.39 is 0 Å². The van der Waals surface area contributed by atoms with Crippen LogP contribution < -0.4 is 4.90 Å². The molecule has 208 valence electrons. The molecule has 0 saturated heterocycles. The van der Waals surface area contributed by atoms with Crippen molar-refractivity contribution in [1.29, 1.82) is 0 Å². The summed E-state index contributed by atoms with van der Waals surface area (Å²) in [5.74, 6) is 0. The van der Waals surface area contributed by atoms with E-state index in [-0.39, 0.29) is 0 Å². The Morgan fingerprint density at radius 3 is 2.30 bits per heavy atom. The number of allylic oxidation sites excluding steroid dienone is 2. The maximum atomic E-state index is 5.16. The molecular weight excluding hydrogens is 538 g/mol. The second-order valence-electron chi connectivity index (χ2n) is 10.8. The van der Waals surface area contributed by atoms with Crippen LogP contribution in [-0.4, -0.2) is 28.2 Å². The number of anilines is 1. The minimum absolute atomic E-state index is 0.738. The second kappa shape index (κ2) is 10.7. The highest BCUT2D eigenvalue weighted by atomic mass is 15.1. The normalized spacial score (nSPS) is 12.8. The molecule has 0 amide bonds. The fourth-order valence-corrected chi connectivity index (χ4v) is 6.02. The van der Waals surface area contributed by atoms with Gasteiger partial charge in [0.2, 0.25) is 0 Å². The summed E-state index contributed by atoms with van der Waals surface area (Å²) in [6.07, 6.45) is 10.1. The smallest absolute Gasteiger partial charge is 0.0975 e. The minimum Gasteiger partial charge on any atom is -0.341 e. The van der Waals surface area contributed by atoms with Crippen LogP contribution in [0.1, 0.15) is 0 Å². The number of benzene rings is 4. The zero-order valence-electron chi connectivity index (χ0n) is 23.9. The van der Waals surface area contributed by atoms with Crippen LogP contribution in [0.2, 0.25) is 0 Å². The maximum absolute atomic E-state index is 5.16. The monoisotopic (exact) mass is 565 g/mol. The summed E-state index contributed by atoms with van der Waals surface area (Å²) in [5, 5.41) is 3.16. The first kappa shape index (κ1) is 25.7. The Labute approximate surface area is 255 Å². The van der Waals surface area contributed by atoms with Gasteiger partial charge in [-0.3, -0.25) is 9.98 Å². The van der Waals surface area contributed by atoms with E-state index in [0.29, 0.717) is 0 Å². The van der Waals surface area contributed by atoms with Crippen molar-refractivity contribution in [2.45, 2.75) is 0 Å². The molecule has 0 bridgehead atoms. The van der Waals surface area contributed by atoms with E-state index >= 15 is 0 Å². The van der Waals surface area contributed by atoms with Crippen LogP contribution >= 0.6 is 0 Å². The van der Waals surface area contributed by atoms with Crippen molar-refractivity contribution in [3.63, 3.8) is 0 Å². The summed E-state index contributed by atoms with van der Waals surface area (Å²) in [7, 11) is 0. The highest BCUT2D eigenvalue weighted by Crippen LogP contribution is 2.43. The predicted octanol–water partition coefficient (Wildman–Crippen LogP) is 9.55. The van der Waals surface area contributed by atoms with Gasteiger partial charge in [0.15, 0.2) is 0 Å². The lowest BCUT2D eigenvalue weighted by Gasteiger charge is -2.26. The van der Waals surface area contributed by atoms with E-state index in [9.17, 15) is 0 Å². The van der Waals surface area contributed by atoms with Gasteiger partial charge in [-0.2, -0.15) is 0 Å². The number of pyridine rings is 3. The number of para-hydroxylation sites is 1. The van der Waals surface area contributed by atoms with Crippen LogP contribution in [0.15, 0.2) is 145 Å². The zero-order valence-corrected chi connectivity index (χ0v) is 23.9. The Bertz CT molecular complexity index is 2280. The van der Waals surface area contributed by atoms with Crippen molar-refractivity contribution in [1.82, 2.24) is 15.0 Å². The van der Waals surface area contributed by atoms with Crippen molar-refractivity contribution >= 4 is 50.8 Å². The Kier molecular flexibility index (Phi) is 6.27. The average Bonchev–Trinajstić information content (AvgIpc) is 3.11. The molecule has 5 heteroatoms. The zero-order chi connectivity index (χ0) is 29.5. The maximum Gasteiger partial charge on any atom is 0.0975 e. The van der Waals surface area contributed by atoms with Gasteiger partial charge in [-0.25, -0.2) is 9.97 Å². The fraction of sp³-hybridized carbons (Fsp3) is 0.0256. The van der Waals surface area contributed by atoms with Gasteiger partial charge >= 0.3 is 0 Å². The second-order valence-corrected chi connectivity index (χ2v) is 10.8. The van der Waals surface area contributed by atoms with Crippen LogP contribution in [-0.2, 0) is 0 Å². The molecule has 5 nitrogen and oxygen atoms in total. The van der Waals surface area contributed by atoms with E-state index in [4.69, 9.17) is 9.97 Å². The summed E-state index contributed by atoms with van der Waals surface area (Å²) >= 11 is 0. The molecule has 3 aromatic heterocycles. The first-order valence-corrected chi connectivity index (χ1v) is 14.6. The topological polar surface area (TPSA) is 54.3 Å². The van der Waals surface area contributed by atoms with Gasteiger partial charge in [0, 0.05) is 46.2 Å². The number of hydrogen-bond acceptors (Lipinski definition) is 5. The summed E-state index contributed by atoms with van der Waals surface area (Å²) in [5.41, 5.74) is 10.7. The van der Waals surface area contributed by atoms with Crippen LogP contribution in [0, 0.1) is 0 Å². The van der Waals surface area contributed by atoms with Gasteiger partial charge < -0.3 is 4.90 Å². The van der Waals surface area contributed by atoms with E-state index in [1.54, 1.807) is 0 Å². The van der Waals surface area contributed by atoms with Gasteiger partial charge in [0.25, 0.3) is 0 Å². The molecular formula is C39H27N5. The number of aliphatic imine (C=N–C) groups is 1. The highest BCUT2D eigenvalue weighted by Gasteiger charge is 2.21. The Balaban J connectivity index is 1.20. The largest absolute Gasteiger partial charge is 0.341 e. The van der Waals surface area contributed by atoms with Crippen LogP contribution in [0.5, 0.6) is 0 Å². The SMILES string of the molecule is C=Nc1c(N2C=CC=CC2)c(-c2cccc(-c3ccc(-c4ccc5ccc6cccnc6c5n4)cc3)c2)nc2ccccc12. The molecule has 0 radical (unpaired) electrons. The first-order valence-electron chi connectivity index (χ1n) is 14.6. The van der Waals surface area contributed by atoms with Crippen LogP contribution in [0.4, 0.5) is 11.4 Å². The highest BCUT2D eigenvalue weighted by molar-refractivity contribution is 6.04. The van der Waals surface area contributed by atoms with Crippen molar-refractivity contribution in [2.24, 2.45) is 4.99 Å². The number of hydrogen-bond donors (Lipinski definition) is 0. The van der Waals surface area contributed by atoms with Crippen molar-refractivity contribution in [3.8, 4) is 33.6 Å². The summed E-state index contributed by atoms with van der Waals surface area (Å²) in [6, 6.07) is 37.7. The van der Waals surface area contributed by atoms with E-state index in [0.717, 1.165) is 84.3 Å². The molecule has 44 heavy (non-hydrogen) atoms. The third-order valence-electron chi connectivity index (χ3n) is 8.18. The minimum atomic E-state index is 0.738. The molecule has 8 rings (SSSR count). The Morgan fingerprint density at radius 2 is 1.45 bits per heavy atom. The molecule has 0 saturated carbocycles. The predicted molar refractivity (Wildman–Crippen MR) is 183 cm³/mol. The summed E-state index contributed by atoms with van der Waals surface area (Å²) < 4.78 is 0. The molecule has 0 fully saturated rings. The first-order chi connectivity index (χ1) is 21.8. The quantitative estimate of drug-likeness (QED) is 0.154. The fourth-order valence-electron chi connectivity index (χ4n) is 6.02. The lowest BCUT2D eigenvalue weighted by Crippen LogP contribution is -2.19. The lowest BCUT2D eigenvalue weighted by atomic mass is 9.98. The van der Waals surface area contributed by atoms with E-state index in [2.05, 4.69) is 125 Å². The van der Waals surface area contributed by atoms with Gasteiger partial charge in [-0.15, -0.1) is 0 Å². The van der Waals surface area contributed by atoms with Crippen molar-refractivity contribution < 1.29 is 0 Å². The molecule has 1 aliphatic rings. The number of rotatable bonds is 5. The number of aromatic nitrogens is 3. The lowest BCUT2D eigenvalue weighted by molar-refractivity contribution is 1.07. The molecule has 1 aliphatic heterocycles. The summed E-state index contributed by atoms with van der Waals surface area (Å²) in [6.45, 7) is 4.68. The van der Waals surface area contributed by atoms with Gasteiger partial charge in [0.05, 0.1) is 39.3 Å². The third kappa shape index (κ3) is 4.43. The van der Waals surface area contributed by atoms with E-state index in [1.165, 1.54) is 0 Å². The molecule has 0 unspecified atom stereocenters. The van der Waals surface area contributed by atoms with Gasteiger partial charge in [0.1, 0.15) is 0 Å². The standard InChI is InChI=1S/C39H27N5/c1-40-38-32-12-3-4-13-34(32)43-37(39(38)44-23-5-2-6-24-44)31-10-7-9-30(25-31)26-14-16-27(17-15-26)33-21-20-29-19-18-28-11-8-22-41-35(28)36(29)42-33/h2-23,25H,1,24H2.